The third kappa shape index (κ3) is 4.84. The van der Waals surface area contributed by atoms with Crippen LogP contribution in [0.15, 0.2) is 88.4 Å². The summed E-state index contributed by atoms with van der Waals surface area (Å²) >= 11 is 0. The number of carbonyl (C=O) groups excluding carboxylic acids is 1. The molecule has 0 aliphatic carbocycles. The van der Waals surface area contributed by atoms with E-state index in [1.807, 2.05) is 72.6 Å². The molecular formula is C29H34N6O. The second-order valence-electron chi connectivity index (χ2n) is 9.73. The Hall–Kier alpha value is -3.71. The quantitative estimate of drug-likeness (QED) is 0.653. The van der Waals surface area contributed by atoms with Gasteiger partial charge in [0.05, 0.1) is 6.04 Å². The van der Waals surface area contributed by atoms with Crippen molar-refractivity contribution in [3.63, 3.8) is 0 Å². The van der Waals surface area contributed by atoms with E-state index in [1.54, 1.807) is 5.01 Å². The number of benzene rings is 2. The number of rotatable bonds is 4. The van der Waals surface area contributed by atoms with Gasteiger partial charge in [-0.2, -0.15) is 5.10 Å². The molecule has 0 bridgehead atoms. The van der Waals surface area contributed by atoms with Crippen molar-refractivity contribution in [1.29, 1.82) is 0 Å². The molecule has 5 rings (SSSR count). The number of hydrogen-bond acceptors (Lipinski definition) is 6. The maximum atomic E-state index is 13.9. The van der Waals surface area contributed by atoms with Crippen molar-refractivity contribution in [2.24, 2.45) is 15.8 Å². The molecule has 2 saturated heterocycles. The lowest BCUT2D eigenvalue weighted by Gasteiger charge is -2.36. The van der Waals surface area contributed by atoms with Crippen molar-refractivity contribution in [3.8, 4) is 11.1 Å². The van der Waals surface area contributed by atoms with Crippen molar-refractivity contribution in [1.82, 2.24) is 14.8 Å². The fourth-order valence-electron chi connectivity index (χ4n) is 5.33. The van der Waals surface area contributed by atoms with Crippen LogP contribution in [0.2, 0.25) is 0 Å². The second kappa shape index (κ2) is 10.5. The minimum atomic E-state index is -0.0769. The summed E-state index contributed by atoms with van der Waals surface area (Å²) < 4.78 is 0. The molecule has 7 nitrogen and oxygen atoms in total. The van der Waals surface area contributed by atoms with Crippen LogP contribution in [0.3, 0.4) is 0 Å². The lowest BCUT2D eigenvalue weighted by atomic mass is 9.96. The number of nitrogens with two attached hydrogens (primary N) is 1. The van der Waals surface area contributed by atoms with E-state index in [2.05, 4.69) is 22.8 Å². The molecule has 2 fully saturated rings. The zero-order valence-corrected chi connectivity index (χ0v) is 20.9. The molecule has 1 amide bonds. The van der Waals surface area contributed by atoms with Gasteiger partial charge in [-0.25, -0.2) is 10.0 Å². The van der Waals surface area contributed by atoms with E-state index in [9.17, 15) is 4.79 Å². The number of aliphatic imine (C=N–C) groups is 1. The van der Waals surface area contributed by atoms with Crippen LogP contribution in [-0.4, -0.2) is 65.0 Å². The Labute approximate surface area is 213 Å². The topological polar surface area (TPSA) is 77.5 Å². The number of likely N-dealkylation sites (tertiary alicyclic amines) is 2. The van der Waals surface area contributed by atoms with Gasteiger partial charge in [0.25, 0.3) is 5.91 Å². The fraction of sp³-hybridized carbons (Fsp3) is 0.345. The fourth-order valence-corrected chi connectivity index (χ4v) is 5.33. The molecule has 36 heavy (non-hydrogen) atoms. The van der Waals surface area contributed by atoms with Crippen LogP contribution in [0.4, 0.5) is 0 Å². The second-order valence-corrected chi connectivity index (χ2v) is 9.73. The van der Waals surface area contributed by atoms with E-state index in [4.69, 9.17) is 10.7 Å². The Morgan fingerprint density at radius 2 is 1.86 bits per heavy atom. The van der Waals surface area contributed by atoms with Gasteiger partial charge in [-0.3, -0.25) is 4.79 Å². The first-order valence-corrected chi connectivity index (χ1v) is 12.8. The van der Waals surface area contributed by atoms with Crippen molar-refractivity contribution in [2.75, 3.05) is 19.6 Å². The van der Waals surface area contributed by atoms with E-state index < -0.39 is 0 Å². The van der Waals surface area contributed by atoms with Gasteiger partial charge in [0.2, 0.25) is 0 Å². The van der Waals surface area contributed by atoms with Gasteiger partial charge in [0.15, 0.2) is 5.82 Å². The molecule has 2 atom stereocenters. The Kier molecular flexibility index (Phi) is 7.00. The highest BCUT2D eigenvalue weighted by atomic mass is 16.2. The van der Waals surface area contributed by atoms with Gasteiger partial charge in [-0.05, 0) is 55.9 Å². The molecule has 3 aliphatic rings. The van der Waals surface area contributed by atoms with E-state index in [1.165, 1.54) is 0 Å². The van der Waals surface area contributed by atoms with Gasteiger partial charge < -0.3 is 15.5 Å². The Balaban J connectivity index is 1.47. The number of nitrogens with zero attached hydrogens (tertiary/aromatic N) is 5. The maximum absolute atomic E-state index is 13.9. The third-order valence-electron chi connectivity index (χ3n) is 7.19. The first kappa shape index (κ1) is 24.0. The van der Waals surface area contributed by atoms with Gasteiger partial charge in [0, 0.05) is 49.7 Å². The first-order chi connectivity index (χ1) is 17.5. The third-order valence-corrected chi connectivity index (χ3v) is 7.19. The van der Waals surface area contributed by atoms with Crippen molar-refractivity contribution in [2.45, 2.75) is 44.7 Å². The van der Waals surface area contributed by atoms with Crippen molar-refractivity contribution in [3.05, 3.63) is 83.8 Å². The largest absolute Gasteiger partial charge is 0.355 e. The summed E-state index contributed by atoms with van der Waals surface area (Å²) in [6, 6.07) is 18.1. The average molecular weight is 483 g/mol. The van der Waals surface area contributed by atoms with Gasteiger partial charge in [-0.1, -0.05) is 48.5 Å². The highest BCUT2D eigenvalue weighted by Crippen LogP contribution is 2.30. The van der Waals surface area contributed by atoms with Gasteiger partial charge in [0.1, 0.15) is 5.84 Å². The van der Waals surface area contributed by atoms with Crippen LogP contribution in [0, 0.1) is 0 Å². The SMILES string of the molecule is C=NN1C=C(C)C(N2CC[C@H](N)C2)=N/C1=C/C1CCCCN1C(=O)c1ccccc1-c1ccccc1. The summed E-state index contributed by atoms with van der Waals surface area (Å²) in [7, 11) is 0. The molecule has 0 spiro atoms. The lowest BCUT2D eigenvalue weighted by Crippen LogP contribution is -2.43. The van der Waals surface area contributed by atoms with Crippen LogP contribution < -0.4 is 5.73 Å². The maximum Gasteiger partial charge on any atom is 0.254 e. The Morgan fingerprint density at radius 1 is 1.08 bits per heavy atom. The first-order valence-electron chi connectivity index (χ1n) is 12.8. The zero-order chi connectivity index (χ0) is 25.1. The molecule has 1 unspecified atom stereocenters. The number of amides is 1. The number of carbonyl (C=O) groups is 1. The van der Waals surface area contributed by atoms with Crippen molar-refractivity contribution < 1.29 is 4.79 Å². The number of hydrogen-bond donors (Lipinski definition) is 1. The molecule has 0 saturated carbocycles. The van der Waals surface area contributed by atoms with Gasteiger partial charge >= 0.3 is 0 Å². The minimum absolute atomic E-state index is 0.0476. The van der Waals surface area contributed by atoms with E-state index >= 15 is 0 Å². The smallest absolute Gasteiger partial charge is 0.254 e. The molecule has 0 radical (unpaired) electrons. The zero-order valence-electron chi connectivity index (χ0n) is 20.9. The number of hydrazone groups is 1. The molecule has 3 heterocycles. The molecule has 3 aliphatic heterocycles. The summed E-state index contributed by atoms with van der Waals surface area (Å²) in [5.74, 6) is 1.68. The molecule has 2 aromatic carbocycles. The van der Waals surface area contributed by atoms with Crippen LogP contribution in [0.5, 0.6) is 0 Å². The van der Waals surface area contributed by atoms with E-state index in [0.29, 0.717) is 12.4 Å². The molecule has 2 N–H and O–H groups in total. The predicted octanol–water partition coefficient (Wildman–Crippen LogP) is 4.46. The van der Waals surface area contributed by atoms with Crippen LogP contribution in [0.25, 0.3) is 11.1 Å². The van der Waals surface area contributed by atoms with E-state index in [-0.39, 0.29) is 18.0 Å². The van der Waals surface area contributed by atoms with Crippen molar-refractivity contribution >= 4 is 18.5 Å². The normalized spacial score (nSPS) is 23.5. The Bertz CT molecular complexity index is 1220. The summed E-state index contributed by atoms with van der Waals surface area (Å²) in [5.41, 5.74) is 9.91. The highest BCUT2D eigenvalue weighted by Gasteiger charge is 2.31. The average Bonchev–Trinajstić information content (AvgIpc) is 3.35. The summed E-state index contributed by atoms with van der Waals surface area (Å²) in [6.45, 7) is 8.19. The van der Waals surface area contributed by atoms with Crippen LogP contribution >= 0.6 is 0 Å². The molecular weight excluding hydrogens is 448 g/mol. The molecule has 0 aromatic heterocycles. The summed E-state index contributed by atoms with van der Waals surface area (Å²) in [6.07, 6.45) is 7.94. The highest BCUT2D eigenvalue weighted by molar-refractivity contribution is 6.01. The molecule has 7 heteroatoms. The van der Waals surface area contributed by atoms with Crippen LogP contribution in [-0.2, 0) is 0 Å². The number of amidine groups is 1. The standard InChI is InChI=1S/C29H34N6O/c1-21-19-35(31-2)27(32-28(21)33-17-15-23(30)20-33)18-24-12-8-9-16-34(24)29(36)26-14-7-6-13-25(26)22-10-4-3-5-11-22/h3-7,10-11,13-14,18-19,23-24H,2,8-9,12,15-17,20,30H2,1H3/b27-18-/t23-,24?/m0/s1. The monoisotopic (exact) mass is 482 g/mol. The Morgan fingerprint density at radius 3 is 2.61 bits per heavy atom. The lowest BCUT2D eigenvalue weighted by molar-refractivity contribution is 0.0663. The van der Waals surface area contributed by atoms with Gasteiger partial charge in [-0.15, -0.1) is 0 Å². The predicted molar refractivity (Wildman–Crippen MR) is 145 cm³/mol. The molecule has 186 valence electrons. The molecule has 2 aromatic rings. The number of piperidine rings is 1. The van der Waals surface area contributed by atoms with Crippen LogP contribution in [0.1, 0.15) is 43.0 Å². The summed E-state index contributed by atoms with van der Waals surface area (Å²) in [4.78, 5) is 23.2. The van der Waals surface area contributed by atoms with E-state index in [0.717, 1.165) is 66.9 Å². The minimum Gasteiger partial charge on any atom is -0.355 e. The summed E-state index contributed by atoms with van der Waals surface area (Å²) in [5, 5.41) is 5.90.